The van der Waals surface area contributed by atoms with Gasteiger partial charge in [-0.25, -0.2) is 9.78 Å². The third-order valence-corrected chi connectivity index (χ3v) is 1.81. The molecule has 0 saturated heterocycles. The van der Waals surface area contributed by atoms with E-state index in [1.165, 1.54) is 18.3 Å². The summed E-state index contributed by atoms with van der Waals surface area (Å²) < 4.78 is 41.6. The standard InChI is InChI=1S/C7H5BF3N2O2/c9-8(10,11)4-13-6-5(15-7(13)14)2-1-3-12-6/h1-3H,4H2/q-1. The van der Waals surface area contributed by atoms with Gasteiger partial charge in [0.2, 0.25) is 0 Å². The van der Waals surface area contributed by atoms with Crippen LogP contribution >= 0.6 is 0 Å². The van der Waals surface area contributed by atoms with Crippen molar-refractivity contribution < 1.29 is 17.4 Å². The summed E-state index contributed by atoms with van der Waals surface area (Å²) in [6, 6.07) is 2.87. The number of hydrogen-bond donors (Lipinski definition) is 0. The minimum absolute atomic E-state index is 0.0579. The fourth-order valence-electron chi connectivity index (χ4n) is 1.27. The third kappa shape index (κ3) is 1.88. The first-order valence-corrected chi connectivity index (χ1v) is 4.13. The topological polar surface area (TPSA) is 48.0 Å². The SMILES string of the molecule is O=c1oc2cccnc2n1C[B-](F)(F)F. The number of hydrogen-bond acceptors (Lipinski definition) is 3. The summed E-state index contributed by atoms with van der Waals surface area (Å²) in [6.45, 7) is -5.09. The Bertz CT molecular complexity index is 545. The first-order chi connectivity index (χ1) is 6.97. The molecule has 2 heterocycles. The molecular formula is C7H5BF3N2O2-. The highest BCUT2D eigenvalue weighted by atomic mass is 19.4. The lowest BCUT2D eigenvalue weighted by molar-refractivity contribution is 0.431. The van der Waals surface area contributed by atoms with Gasteiger partial charge >= 0.3 is 12.7 Å². The van der Waals surface area contributed by atoms with E-state index in [2.05, 4.69) is 9.40 Å². The van der Waals surface area contributed by atoms with E-state index < -0.39 is 19.2 Å². The Morgan fingerprint density at radius 1 is 1.47 bits per heavy atom. The lowest BCUT2D eigenvalue weighted by Crippen LogP contribution is -2.29. The number of oxazole rings is 1. The van der Waals surface area contributed by atoms with Crippen LogP contribution in [0.2, 0.25) is 0 Å². The second-order valence-electron chi connectivity index (χ2n) is 3.01. The van der Waals surface area contributed by atoms with Crippen LogP contribution in [0.1, 0.15) is 0 Å². The summed E-state index contributed by atoms with van der Waals surface area (Å²) in [5, 5.41) is 0. The Morgan fingerprint density at radius 2 is 2.20 bits per heavy atom. The number of pyridine rings is 1. The first-order valence-electron chi connectivity index (χ1n) is 4.13. The second kappa shape index (κ2) is 3.14. The monoisotopic (exact) mass is 217 g/mol. The Hall–Kier alpha value is -1.73. The average Bonchev–Trinajstić information content (AvgIpc) is 2.41. The van der Waals surface area contributed by atoms with Crippen LogP contribution < -0.4 is 5.76 Å². The van der Waals surface area contributed by atoms with Crippen LogP contribution in [0.15, 0.2) is 27.5 Å². The molecule has 4 nitrogen and oxygen atoms in total. The van der Waals surface area contributed by atoms with Crippen LogP contribution in [0.25, 0.3) is 11.2 Å². The molecule has 0 bridgehead atoms. The van der Waals surface area contributed by atoms with Gasteiger partial charge in [0.05, 0.1) is 0 Å². The molecule has 0 amide bonds. The van der Waals surface area contributed by atoms with Crippen LogP contribution in [0.5, 0.6) is 0 Å². The summed E-state index contributed by atoms with van der Waals surface area (Å²) in [5.41, 5.74) is -0.0238. The molecule has 0 N–H and O–H groups in total. The summed E-state index contributed by atoms with van der Waals surface area (Å²) in [4.78, 5) is 14.7. The Balaban J connectivity index is 2.60. The van der Waals surface area contributed by atoms with E-state index in [0.717, 1.165) is 0 Å². The van der Waals surface area contributed by atoms with Gasteiger partial charge in [0.15, 0.2) is 11.2 Å². The molecule has 2 rings (SSSR count). The van der Waals surface area contributed by atoms with Crippen LogP contribution in [0.3, 0.4) is 0 Å². The molecule has 8 heteroatoms. The predicted octanol–water partition coefficient (Wildman–Crippen LogP) is 1.38. The molecule has 0 aromatic carbocycles. The zero-order valence-corrected chi connectivity index (χ0v) is 7.36. The molecule has 0 aliphatic carbocycles. The van der Waals surface area contributed by atoms with E-state index in [1.54, 1.807) is 0 Å². The number of fused-ring (bicyclic) bond motifs is 1. The van der Waals surface area contributed by atoms with Gasteiger partial charge in [-0.2, -0.15) is 0 Å². The van der Waals surface area contributed by atoms with E-state index in [1.807, 2.05) is 0 Å². The highest BCUT2D eigenvalue weighted by Crippen LogP contribution is 2.14. The highest BCUT2D eigenvalue weighted by Gasteiger charge is 2.26. The smallest absolute Gasteiger partial charge is 0.448 e. The van der Waals surface area contributed by atoms with Crippen molar-refractivity contribution in [1.29, 1.82) is 0 Å². The highest BCUT2D eigenvalue weighted by molar-refractivity contribution is 6.57. The number of rotatable bonds is 2. The fourth-order valence-corrected chi connectivity index (χ4v) is 1.27. The van der Waals surface area contributed by atoms with Gasteiger partial charge in [-0.3, -0.25) is 4.57 Å². The van der Waals surface area contributed by atoms with Gasteiger partial charge in [0, 0.05) is 12.6 Å². The molecular weight excluding hydrogens is 212 g/mol. The summed E-state index contributed by atoms with van der Waals surface area (Å²) in [5.74, 6) is -1.04. The lowest BCUT2D eigenvalue weighted by atomic mass is 9.92. The number of nitrogens with zero attached hydrogens (tertiary/aromatic N) is 2. The van der Waals surface area contributed by atoms with Crippen molar-refractivity contribution in [1.82, 2.24) is 9.55 Å². The molecule has 0 aliphatic rings. The summed E-state index contributed by atoms with van der Waals surface area (Å²) in [7, 11) is 0. The average molecular weight is 217 g/mol. The van der Waals surface area contributed by atoms with E-state index >= 15 is 0 Å². The molecule has 0 spiro atoms. The van der Waals surface area contributed by atoms with E-state index in [4.69, 9.17) is 0 Å². The van der Waals surface area contributed by atoms with Crippen molar-refractivity contribution in [3.8, 4) is 0 Å². The molecule has 15 heavy (non-hydrogen) atoms. The zero-order chi connectivity index (χ0) is 11.1. The summed E-state index contributed by atoms with van der Waals surface area (Å²) >= 11 is 0. The lowest BCUT2D eigenvalue weighted by Gasteiger charge is -2.12. The van der Waals surface area contributed by atoms with Crippen LogP contribution in [-0.2, 0) is 6.44 Å². The maximum absolute atomic E-state index is 12.2. The van der Waals surface area contributed by atoms with Crippen molar-refractivity contribution in [2.75, 3.05) is 0 Å². The van der Waals surface area contributed by atoms with Crippen molar-refractivity contribution in [2.24, 2.45) is 0 Å². The second-order valence-corrected chi connectivity index (χ2v) is 3.01. The predicted molar refractivity (Wildman–Crippen MR) is 47.3 cm³/mol. The molecule has 0 saturated carbocycles. The van der Waals surface area contributed by atoms with Gasteiger partial charge in [-0.15, -0.1) is 0 Å². The van der Waals surface area contributed by atoms with Gasteiger partial charge in [0.1, 0.15) is 0 Å². The van der Waals surface area contributed by atoms with Crippen LogP contribution in [0.4, 0.5) is 12.9 Å². The van der Waals surface area contributed by atoms with E-state index in [9.17, 15) is 17.7 Å². The first kappa shape index (κ1) is 9.82. The fraction of sp³-hybridized carbons (Fsp3) is 0.143. The van der Waals surface area contributed by atoms with Crippen molar-refractivity contribution >= 4 is 18.2 Å². The third-order valence-electron chi connectivity index (χ3n) is 1.81. The molecule has 0 radical (unpaired) electrons. The molecule has 0 aliphatic heterocycles. The van der Waals surface area contributed by atoms with Gasteiger partial charge < -0.3 is 17.4 Å². The molecule has 0 atom stereocenters. The Kier molecular flexibility index (Phi) is 2.06. The molecule has 2 aromatic rings. The summed E-state index contributed by atoms with van der Waals surface area (Å²) in [6.07, 6.45) is -0.0278. The molecule has 80 valence electrons. The Morgan fingerprint density at radius 3 is 2.87 bits per heavy atom. The maximum Gasteiger partial charge on any atom is 0.497 e. The van der Waals surface area contributed by atoms with E-state index in [0.29, 0.717) is 4.57 Å². The maximum atomic E-state index is 12.2. The molecule has 0 fully saturated rings. The zero-order valence-electron chi connectivity index (χ0n) is 7.36. The quantitative estimate of drug-likeness (QED) is 0.713. The molecule has 2 aromatic heterocycles. The van der Waals surface area contributed by atoms with E-state index in [-0.39, 0.29) is 11.2 Å². The molecule has 0 unspecified atom stereocenters. The largest absolute Gasteiger partial charge is 0.497 e. The Labute approximate surface area is 81.4 Å². The van der Waals surface area contributed by atoms with Gasteiger partial charge in [0.25, 0.3) is 0 Å². The van der Waals surface area contributed by atoms with Crippen LogP contribution in [-0.4, -0.2) is 16.5 Å². The minimum Gasteiger partial charge on any atom is -0.448 e. The minimum atomic E-state index is -5.09. The normalized spacial score (nSPS) is 12.2. The number of halogens is 3. The van der Waals surface area contributed by atoms with Crippen molar-refractivity contribution in [3.63, 3.8) is 0 Å². The van der Waals surface area contributed by atoms with Crippen molar-refractivity contribution in [2.45, 2.75) is 6.44 Å². The van der Waals surface area contributed by atoms with Crippen molar-refractivity contribution in [3.05, 3.63) is 28.9 Å². The van der Waals surface area contributed by atoms with Crippen LogP contribution in [0, 0.1) is 0 Å². The number of aromatic nitrogens is 2. The van der Waals surface area contributed by atoms with Gasteiger partial charge in [-0.1, -0.05) is 0 Å². The van der Waals surface area contributed by atoms with Gasteiger partial charge in [-0.05, 0) is 12.1 Å².